The quantitative estimate of drug-likeness (QED) is 0.542. The standard InChI is InChI=1S/C16H16N2O4S.C10H19NO2/c17-16(20)15(18-11-19)10-12-6-8-14(9-7-12)23(21,22)13-4-2-1-3-5-13;1-10(2,3)13-9(12)11-7-5-4-6-8-11/h1-9,11,15H,10H2,(H2,17,20)(H,18,19);4-8H2,1-3H3. The molecule has 0 radical (unpaired) electrons. The molecule has 0 saturated carbocycles. The lowest BCUT2D eigenvalue weighted by Gasteiger charge is -2.29. The van der Waals surface area contributed by atoms with Crippen LogP contribution in [0.4, 0.5) is 4.79 Å². The predicted octanol–water partition coefficient (Wildman–Crippen LogP) is 3.07. The lowest BCUT2D eigenvalue weighted by atomic mass is 10.1. The largest absolute Gasteiger partial charge is 0.444 e. The number of nitrogens with two attached hydrogens (primary N) is 1. The number of ether oxygens (including phenoxy) is 1. The summed E-state index contributed by atoms with van der Waals surface area (Å²) in [6.45, 7) is 7.41. The monoisotopic (exact) mass is 517 g/mol. The van der Waals surface area contributed by atoms with Gasteiger partial charge in [0, 0.05) is 19.5 Å². The molecule has 1 unspecified atom stereocenters. The lowest BCUT2D eigenvalue weighted by molar-refractivity contribution is -0.122. The number of hydrogen-bond acceptors (Lipinski definition) is 6. The third kappa shape index (κ3) is 8.99. The molecule has 2 aromatic carbocycles. The van der Waals surface area contributed by atoms with Gasteiger partial charge in [0.15, 0.2) is 0 Å². The lowest BCUT2D eigenvalue weighted by Crippen LogP contribution is -2.42. The van der Waals surface area contributed by atoms with Crippen molar-refractivity contribution in [3.63, 3.8) is 0 Å². The Labute approximate surface area is 212 Å². The van der Waals surface area contributed by atoms with E-state index >= 15 is 0 Å². The van der Waals surface area contributed by atoms with Crippen LogP contribution in [0.2, 0.25) is 0 Å². The van der Waals surface area contributed by atoms with Gasteiger partial charge in [-0.3, -0.25) is 9.59 Å². The molecule has 1 atom stereocenters. The number of primary amides is 1. The summed E-state index contributed by atoms with van der Waals surface area (Å²) in [6, 6.07) is 13.4. The highest BCUT2D eigenvalue weighted by molar-refractivity contribution is 7.91. The second-order valence-electron chi connectivity index (χ2n) is 9.43. The van der Waals surface area contributed by atoms with Crippen molar-refractivity contribution in [3.8, 4) is 0 Å². The van der Waals surface area contributed by atoms with Crippen LogP contribution in [0.3, 0.4) is 0 Å². The van der Waals surface area contributed by atoms with Crippen LogP contribution in [-0.2, 0) is 30.6 Å². The molecule has 1 aliphatic heterocycles. The average Bonchev–Trinajstić information content (AvgIpc) is 2.84. The maximum absolute atomic E-state index is 12.4. The Bertz CT molecular complexity index is 1110. The summed E-state index contributed by atoms with van der Waals surface area (Å²) >= 11 is 0. The fraction of sp³-hybridized carbons (Fsp3) is 0.423. The number of amides is 3. The highest BCUT2D eigenvalue weighted by Gasteiger charge is 2.23. The number of rotatable bonds is 7. The van der Waals surface area contributed by atoms with Crippen molar-refractivity contribution in [1.29, 1.82) is 0 Å². The first-order valence-electron chi connectivity index (χ1n) is 11.8. The molecule has 3 N–H and O–H groups in total. The molecule has 196 valence electrons. The predicted molar refractivity (Wildman–Crippen MR) is 136 cm³/mol. The summed E-state index contributed by atoms with van der Waals surface area (Å²) in [7, 11) is -3.57. The maximum atomic E-state index is 12.4. The summed E-state index contributed by atoms with van der Waals surface area (Å²) in [5.41, 5.74) is 5.51. The van der Waals surface area contributed by atoms with Gasteiger partial charge in [-0.05, 0) is 69.9 Å². The van der Waals surface area contributed by atoms with Gasteiger partial charge in [-0.1, -0.05) is 30.3 Å². The number of hydrogen-bond donors (Lipinski definition) is 2. The first-order valence-corrected chi connectivity index (χ1v) is 13.3. The molecule has 0 aromatic heterocycles. The van der Waals surface area contributed by atoms with Gasteiger partial charge in [-0.15, -0.1) is 0 Å². The van der Waals surface area contributed by atoms with Gasteiger partial charge in [0.25, 0.3) is 0 Å². The molecular formula is C26H35N3O6S. The van der Waals surface area contributed by atoms with Gasteiger partial charge in [0.1, 0.15) is 11.6 Å². The highest BCUT2D eigenvalue weighted by Crippen LogP contribution is 2.21. The van der Waals surface area contributed by atoms with Crippen molar-refractivity contribution in [2.75, 3.05) is 13.1 Å². The minimum Gasteiger partial charge on any atom is -0.444 e. The molecule has 9 nitrogen and oxygen atoms in total. The smallest absolute Gasteiger partial charge is 0.410 e. The minimum atomic E-state index is -3.57. The maximum Gasteiger partial charge on any atom is 0.410 e. The first kappa shape index (κ1) is 28.8. The van der Waals surface area contributed by atoms with Crippen molar-refractivity contribution in [1.82, 2.24) is 10.2 Å². The molecule has 3 amide bonds. The van der Waals surface area contributed by atoms with Crippen LogP contribution in [0.15, 0.2) is 64.4 Å². The number of sulfone groups is 1. The molecule has 0 spiro atoms. The normalized spacial score (nSPS) is 14.6. The van der Waals surface area contributed by atoms with Crippen LogP contribution >= 0.6 is 0 Å². The van der Waals surface area contributed by atoms with Crippen molar-refractivity contribution in [2.24, 2.45) is 5.73 Å². The van der Waals surface area contributed by atoms with Gasteiger partial charge < -0.3 is 20.7 Å². The van der Waals surface area contributed by atoms with Crippen LogP contribution in [0.1, 0.15) is 45.6 Å². The molecule has 1 fully saturated rings. The van der Waals surface area contributed by atoms with E-state index in [2.05, 4.69) is 5.32 Å². The highest BCUT2D eigenvalue weighted by atomic mass is 32.2. The number of nitrogens with zero attached hydrogens (tertiary/aromatic N) is 1. The Balaban J connectivity index is 0.000000297. The molecule has 1 heterocycles. The molecule has 2 aromatic rings. The first-order chi connectivity index (χ1) is 16.9. The minimum absolute atomic E-state index is 0.159. The van der Waals surface area contributed by atoms with E-state index in [9.17, 15) is 22.8 Å². The number of nitrogens with one attached hydrogen (secondary N) is 1. The molecule has 10 heteroatoms. The molecule has 1 aliphatic rings. The van der Waals surface area contributed by atoms with Crippen LogP contribution < -0.4 is 11.1 Å². The molecule has 36 heavy (non-hydrogen) atoms. The van der Waals surface area contributed by atoms with Crippen LogP contribution in [0.5, 0.6) is 0 Å². The van der Waals surface area contributed by atoms with Crippen molar-refractivity contribution in [2.45, 2.75) is 67.9 Å². The Hall–Kier alpha value is -3.40. The fourth-order valence-corrected chi connectivity index (χ4v) is 4.78. The van der Waals surface area contributed by atoms with Crippen LogP contribution in [0, 0.1) is 0 Å². The van der Waals surface area contributed by atoms with Crippen molar-refractivity contribution in [3.05, 3.63) is 60.2 Å². The molecule has 3 rings (SSSR count). The topological polar surface area (TPSA) is 136 Å². The Morgan fingerprint density at radius 2 is 1.56 bits per heavy atom. The molecular weight excluding hydrogens is 482 g/mol. The summed E-state index contributed by atoms with van der Waals surface area (Å²) in [6.07, 6.45) is 3.90. The number of carbonyl (C=O) groups is 3. The third-order valence-electron chi connectivity index (χ3n) is 5.35. The van der Waals surface area contributed by atoms with Gasteiger partial charge in [-0.2, -0.15) is 0 Å². The van der Waals surface area contributed by atoms with E-state index in [-0.39, 0.29) is 27.9 Å². The second-order valence-corrected chi connectivity index (χ2v) is 11.4. The number of piperidine rings is 1. The molecule has 0 aliphatic carbocycles. The number of likely N-dealkylation sites (tertiary alicyclic amines) is 1. The van der Waals surface area contributed by atoms with Gasteiger partial charge in [-0.25, -0.2) is 13.2 Å². The second kappa shape index (κ2) is 13.1. The van der Waals surface area contributed by atoms with Crippen LogP contribution in [-0.4, -0.2) is 56.5 Å². The van der Waals surface area contributed by atoms with E-state index in [4.69, 9.17) is 10.5 Å². The van der Waals surface area contributed by atoms with Gasteiger partial charge in [0.2, 0.25) is 22.2 Å². The fourth-order valence-electron chi connectivity index (χ4n) is 3.50. The summed E-state index contributed by atoms with van der Waals surface area (Å²) in [5.74, 6) is -0.655. The van der Waals surface area contributed by atoms with Gasteiger partial charge in [0.05, 0.1) is 9.79 Å². The van der Waals surface area contributed by atoms with Gasteiger partial charge >= 0.3 is 6.09 Å². The molecule has 1 saturated heterocycles. The summed E-state index contributed by atoms with van der Waals surface area (Å²) < 4.78 is 30.2. The Kier molecular flexibility index (Phi) is 10.5. The van der Waals surface area contributed by atoms with Crippen LogP contribution in [0.25, 0.3) is 0 Å². The van der Waals surface area contributed by atoms with E-state index in [1.165, 1.54) is 30.7 Å². The SMILES string of the molecule is CC(C)(C)OC(=O)N1CCCCC1.NC(=O)C(Cc1ccc(S(=O)(=O)c2ccccc2)cc1)NC=O. The number of benzene rings is 2. The van der Waals surface area contributed by atoms with Crippen molar-refractivity contribution < 1.29 is 27.5 Å². The van der Waals surface area contributed by atoms with E-state index in [1.807, 2.05) is 20.8 Å². The van der Waals surface area contributed by atoms with Crippen molar-refractivity contribution >= 4 is 28.2 Å². The van der Waals surface area contributed by atoms with E-state index < -0.39 is 21.8 Å². The zero-order valence-corrected chi connectivity index (χ0v) is 21.8. The Morgan fingerprint density at radius 1 is 1.00 bits per heavy atom. The zero-order valence-electron chi connectivity index (χ0n) is 21.0. The number of carbonyl (C=O) groups excluding carboxylic acids is 3. The van der Waals surface area contributed by atoms with E-state index in [0.29, 0.717) is 12.0 Å². The summed E-state index contributed by atoms with van der Waals surface area (Å²) in [5, 5.41) is 2.33. The Morgan fingerprint density at radius 3 is 2.06 bits per heavy atom. The summed E-state index contributed by atoms with van der Waals surface area (Å²) in [4.78, 5) is 35.4. The zero-order chi connectivity index (χ0) is 26.8. The average molecular weight is 518 g/mol. The molecule has 0 bridgehead atoms. The van der Waals surface area contributed by atoms with E-state index in [0.717, 1.165) is 25.9 Å². The van der Waals surface area contributed by atoms with E-state index in [1.54, 1.807) is 35.2 Å². The third-order valence-corrected chi connectivity index (χ3v) is 7.13.